The Hall–Kier alpha value is -3.69. The summed E-state index contributed by atoms with van der Waals surface area (Å²) in [6.07, 6.45) is 0.939. The molecule has 4 aromatic carbocycles. The molecule has 3 N–H and O–H groups in total. The van der Waals surface area contributed by atoms with Crippen LogP contribution in [0.15, 0.2) is 109 Å². The van der Waals surface area contributed by atoms with Crippen LogP contribution in [0.1, 0.15) is 33.8 Å². The Balaban J connectivity index is 1.28. The second-order valence-corrected chi connectivity index (χ2v) is 8.19. The van der Waals surface area contributed by atoms with E-state index in [9.17, 15) is 4.79 Å². The fourth-order valence-corrected chi connectivity index (χ4v) is 4.23. The summed E-state index contributed by atoms with van der Waals surface area (Å²) in [4.78, 5) is 12.8. The van der Waals surface area contributed by atoms with Crippen LogP contribution in [-0.2, 0) is 5.54 Å². The van der Waals surface area contributed by atoms with Gasteiger partial charge in [-0.2, -0.15) is 0 Å². The molecule has 1 aliphatic rings. The molecule has 31 heavy (non-hydrogen) atoms. The summed E-state index contributed by atoms with van der Waals surface area (Å²) < 4.78 is 0. The van der Waals surface area contributed by atoms with E-state index in [4.69, 9.17) is 5.73 Å². The summed E-state index contributed by atoms with van der Waals surface area (Å²) in [5.74, 6) is 0.191. The minimum absolute atomic E-state index is 0.116. The first-order valence-electron chi connectivity index (χ1n) is 10.5. The van der Waals surface area contributed by atoms with E-state index < -0.39 is 0 Å². The van der Waals surface area contributed by atoms with Gasteiger partial charge in [0, 0.05) is 22.7 Å². The van der Waals surface area contributed by atoms with Crippen LogP contribution in [0.4, 0.5) is 5.69 Å². The van der Waals surface area contributed by atoms with Gasteiger partial charge in [-0.05, 0) is 52.9 Å². The van der Waals surface area contributed by atoms with Crippen molar-refractivity contribution in [1.29, 1.82) is 0 Å². The Kier molecular flexibility index (Phi) is 4.89. The van der Waals surface area contributed by atoms with Gasteiger partial charge < -0.3 is 11.1 Å². The normalized spacial score (nSPS) is 19.6. The standard InChI is InChI=1S/C28H24N2O/c29-28(24-12-5-2-6-13-24)19-26(28)21-14-16-25(17-15-21)30-27(31)23-11-7-10-22(18-23)20-8-3-1-4-9-20/h1-18,26H,19,29H2,(H,30,31)/t26-,28+/m0/s1. The van der Waals surface area contributed by atoms with Gasteiger partial charge in [0.25, 0.3) is 5.91 Å². The van der Waals surface area contributed by atoms with Crippen molar-refractivity contribution < 1.29 is 4.79 Å². The van der Waals surface area contributed by atoms with Crippen molar-refractivity contribution in [3.63, 3.8) is 0 Å². The average Bonchev–Trinajstić information content (AvgIpc) is 3.53. The van der Waals surface area contributed by atoms with Gasteiger partial charge in [0.15, 0.2) is 0 Å². The molecule has 4 aromatic rings. The molecule has 1 aliphatic carbocycles. The molecule has 2 atom stereocenters. The molecule has 5 rings (SSSR count). The molecule has 0 spiro atoms. The van der Waals surface area contributed by atoms with E-state index >= 15 is 0 Å². The summed E-state index contributed by atoms with van der Waals surface area (Å²) in [6, 6.07) is 36.1. The zero-order valence-electron chi connectivity index (χ0n) is 17.2. The third-order valence-electron chi connectivity index (χ3n) is 6.12. The van der Waals surface area contributed by atoms with E-state index in [2.05, 4.69) is 29.6 Å². The molecular weight excluding hydrogens is 380 g/mol. The van der Waals surface area contributed by atoms with Crippen LogP contribution in [-0.4, -0.2) is 5.91 Å². The van der Waals surface area contributed by atoms with Gasteiger partial charge in [0.05, 0.1) is 0 Å². The number of hydrogen-bond acceptors (Lipinski definition) is 2. The molecule has 3 nitrogen and oxygen atoms in total. The summed E-state index contributed by atoms with van der Waals surface area (Å²) in [5, 5.41) is 3.01. The lowest BCUT2D eigenvalue weighted by Gasteiger charge is -2.13. The number of amides is 1. The smallest absolute Gasteiger partial charge is 0.255 e. The molecular formula is C28H24N2O. The van der Waals surface area contributed by atoms with Gasteiger partial charge in [-0.3, -0.25) is 4.79 Å². The third-order valence-corrected chi connectivity index (χ3v) is 6.12. The van der Waals surface area contributed by atoms with E-state index in [1.807, 2.05) is 84.9 Å². The van der Waals surface area contributed by atoms with Crippen LogP contribution in [0.5, 0.6) is 0 Å². The maximum atomic E-state index is 12.8. The first kappa shape index (κ1) is 19.3. The highest BCUT2D eigenvalue weighted by atomic mass is 16.1. The van der Waals surface area contributed by atoms with Crippen LogP contribution in [0.25, 0.3) is 11.1 Å². The van der Waals surface area contributed by atoms with Crippen LogP contribution in [0, 0.1) is 0 Å². The van der Waals surface area contributed by atoms with Gasteiger partial charge in [-0.1, -0.05) is 84.9 Å². The zero-order chi connectivity index (χ0) is 21.3. The van der Waals surface area contributed by atoms with Crippen molar-refractivity contribution in [2.75, 3.05) is 5.32 Å². The molecule has 1 fully saturated rings. The van der Waals surface area contributed by atoms with Gasteiger partial charge in [0.2, 0.25) is 0 Å². The quantitative estimate of drug-likeness (QED) is 0.432. The lowest BCUT2D eigenvalue weighted by Crippen LogP contribution is -2.21. The second-order valence-electron chi connectivity index (χ2n) is 8.19. The van der Waals surface area contributed by atoms with E-state index in [0.29, 0.717) is 11.5 Å². The Morgan fingerprint density at radius 3 is 2.13 bits per heavy atom. The van der Waals surface area contributed by atoms with E-state index in [1.54, 1.807) is 0 Å². The fourth-order valence-electron chi connectivity index (χ4n) is 4.23. The minimum Gasteiger partial charge on any atom is -0.322 e. The third kappa shape index (κ3) is 3.88. The maximum Gasteiger partial charge on any atom is 0.255 e. The Bertz CT molecular complexity index is 1200. The van der Waals surface area contributed by atoms with Gasteiger partial charge in [-0.25, -0.2) is 0 Å². The predicted octanol–water partition coefficient (Wildman–Crippen LogP) is 5.95. The van der Waals surface area contributed by atoms with Crippen molar-refractivity contribution in [3.05, 3.63) is 126 Å². The van der Waals surface area contributed by atoms with E-state index in [1.165, 1.54) is 11.1 Å². The molecule has 0 aliphatic heterocycles. The highest BCUT2D eigenvalue weighted by Gasteiger charge is 2.52. The van der Waals surface area contributed by atoms with E-state index in [0.717, 1.165) is 23.2 Å². The van der Waals surface area contributed by atoms with Crippen molar-refractivity contribution in [1.82, 2.24) is 0 Å². The van der Waals surface area contributed by atoms with Crippen LogP contribution in [0.3, 0.4) is 0 Å². The Morgan fingerprint density at radius 1 is 0.774 bits per heavy atom. The molecule has 1 saturated carbocycles. The Morgan fingerprint density at radius 2 is 1.42 bits per heavy atom. The van der Waals surface area contributed by atoms with Crippen molar-refractivity contribution >= 4 is 11.6 Å². The number of carbonyl (C=O) groups excluding carboxylic acids is 1. The average molecular weight is 405 g/mol. The van der Waals surface area contributed by atoms with Gasteiger partial charge >= 0.3 is 0 Å². The summed E-state index contributed by atoms with van der Waals surface area (Å²) in [5.41, 5.74) is 12.3. The lowest BCUT2D eigenvalue weighted by molar-refractivity contribution is 0.102. The number of hydrogen-bond donors (Lipinski definition) is 2. The monoisotopic (exact) mass is 404 g/mol. The molecule has 0 aromatic heterocycles. The highest BCUT2D eigenvalue weighted by Crippen LogP contribution is 2.56. The highest BCUT2D eigenvalue weighted by molar-refractivity contribution is 6.05. The molecule has 0 heterocycles. The van der Waals surface area contributed by atoms with Gasteiger partial charge in [-0.15, -0.1) is 0 Å². The van der Waals surface area contributed by atoms with Crippen LogP contribution in [0.2, 0.25) is 0 Å². The molecule has 0 bridgehead atoms. The zero-order valence-corrected chi connectivity index (χ0v) is 17.2. The first-order chi connectivity index (χ1) is 15.1. The van der Waals surface area contributed by atoms with Crippen molar-refractivity contribution in [2.45, 2.75) is 17.9 Å². The molecule has 1 amide bonds. The second kappa shape index (κ2) is 7.86. The minimum atomic E-state index is -0.288. The molecule has 0 unspecified atom stereocenters. The number of benzene rings is 4. The predicted molar refractivity (Wildman–Crippen MR) is 126 cm³/mol. The molecule has 152 valence electrons. The largest absolute Gasteiger partial charge is 0.322 e. The lowest BCUT2D eigenvalue weighted by atomic mass is 9.99. The number of nitrogens with one attached hydrogen (secondary N) is 1. The summed E-state index contributed by atoms with van der Waals surface area (Å²) >= 11 is 0. The first-order valence-corrected chi connectivity index (χ1v) is 10.5. The fraction of sp³-hybridized carbons (Fsp3) is 0.107. The Labute approximate surface area is 182 Å². The summed E-state index contributed by atoms with van der Waals surface area (Å²) in [7, 11) is 0. The number of anilines is 1. The summed E-state index contributed by atoms with van der Waals surface area (Å²) in [6.45, 7) is 0. The van der Waals surface area contributed by atoms with E-state index in [-0.39, 0.29) is 11.4 Å². The van der Waals surface area contributed by atoms with Crippen molar-refractivity contribution in [3.8, 4) is 11.1 Å². The SMILES string of the molecule is N[C@@]1(c2ccccc2)C[C@H]1c1ccc(NC(=O)c2cccc(-c3ccccc3)c2)cc1. The van der Waals surface area contributed by atoms with Gasteiger partial charge in [0.1, 0.15) is 0 Å². The topological polar surface area (TPSA) is 55.1 Å². The number of nitrogens with two attached hydrogens (primary N) is 1. The molecule has 0 saturated heterocycles. The van der Waals surface area contributed by atoms with Crippen LogP contribution < -0.4 is 11.1 Å². The maximum absolute atomic E-state index is 12.8. The molecule has 0 radical (unpaired) electrons. The number of carbonyl (C=O) groups is 1. The molecule has 3 heteroatoms. The van der Waals surface area contributed by atoms with Crippen molar-refractivity contribution in [2.24, 2.45) is 5.73 Å². The van der Waals surface area contributed by atoms with Crippen LogP contribution >= 0.6 is 0 Å². The number of rotatable bonds is 5.